The predicted molar refractivity (Wildman–Crippen MR) is 63.5 cm³/mol. The number of hydrogen-bond donors (Lipinski definition) is 0. The van der Waals surface area contributed by atoms with Crippen LogP contribution in [0.3, 0.4) is 0 Å². The van der Waals surface area contributed by atoms with Crippen molar-refractivity contribution in [3.63, 3.8) is 0 Å². The number of hydrogen-bond acceptors (Lipinski definition) is 2. The molecule has 1 fully saturated rings. The van der Waals surface area contributed by atoms with Crippen molar-refractivity contribution in [1.82, 2.24) is 0 Å². The molecule has 1 saturated heterocycles. The molecule has 0 radical (unpaired) electrons. The number of nitrogens with zero attached hydrogens (tertiary/aromatic N) is 1. The molecular weight excluding hydrogens is 262 g/mol. The highest BCUT2D eigenvalue weighted by molar-refractivity contribution is 9.10. The lowest BCUT2D eigenvalue weighted by Gasteiger charge is -2.15. The molecule has 0 saturated carbocycles. The molecule has 14 heavy (non-hydrogen) atoms. The molecule has 0 N–H and O–H groups in total. The minimum absolute atomic E-state index is 0.0947. The van der Waals surface area contributed by atoms with E-state index in [1.54, 1.807) is 4.90 Å². The summed E-state index contributed by atoms with van der Waals surface area (Å²) in [6.45, 7) is 0. The van der Waals surface area contributed by atoms with Gasteiger partial charge in [0.15, 0.2) is 0 Å². The number of anilines is 1. The Bertz CT molecular complexity index is 372. The fraction of sp³-hybridized carbons (Fsp3) is 0.200. The number of benzene rings is 1. The number of thiocarbonyl (C=S) groups is 1. The van der Waals surface area contributed by atoms with Gasteiger partial charge in [-0.05, 0) is 24.3 Å². The zero-order chi connectivity index (χ0) is 10.1. The van der Waals surface area contributed by atoms with E-state index in [0.717, 1.165) is 15.1 Å². The summed E-state index contributed by atoms with van der Waals surface area (Å²) in [5.74, 6) is 0.0947. The van der Waals surface area contributed by atoms with Gasteiger partial charge >= 0.3 is 0 Å². The van der Waals surface area contributed by atoms with E-state index in [2.05, 4.69) is 15.9 Å². The maximum atomic E-state index is 11.5. The van der Waals surface area contributed by atoms with Crippen LogP contribution in [0.15, 0.2) is 28.7 Å². The van der Waals surface area contributed by atoms with E-state index in [0.29, 0.717) is 12.8 Å². The van der Waals surface area contributed by atoms with Crippen LogP contribution in [0.4, 0.5) is 5.69 Å². The van der Waals surface area contributed by atoms with Crippen molar-refractivity contribution in [2.45, 2.75) is 12.8 Å². The summed E-state index contributed by atoms with van der Waals surface area (Å²) < 4.78 is 0.999. The molecule has 0 aromatic heterocycles. The first-order valence-corrected chi connectivity index (χ1v) is 5.50. The van der Waals surface area contributed by atoms with E-state index in [9.17, 15) is 4.79 Å². The number of carbonyl (C=O) groups is 1. The van der Waals surface area contributed by atoms with E-state index < -0.39 is 0 Å². The van der Waals surface area contributed by atoms with Crippen LogP contribution in [0.5, 0.6) is 0 Å². The van der Waals surface area contributed by atoms with Gasteiger partial charge in [0.2, 0.25) is 5.91 Å². The first kappa shape index (κ1) is 9.80. The fourth-order valence-electron chi connectivity index (χ4n) is 1.45. The summed E-state index contributed by atoms with van der Waals surface area (Å²) in [4.78, 5) is 13.8. The van der Waals surface area contributed by atoms with Gasteiger partial charge in [-0.25, -0.2) is 0 Å². The van der Waals surface area contributed by atoms with Gasteiger partial charge in [0.05, 0.1) is 4.99 Å². The van der Waals surface area contributed by atoms with Crippen molar-refractivity contribution in [2.75, 3.05) is 4.90 Å². The second kappa shape index (κ2) is 3.79. The third-order valence-electron chi connectivity index (χ3n) is 2.14. The van der Waals surface area contributed by atoms with Crippen LogP contribution >= 0.6 is 28.1 Å². The molecule has 0 spiro atoms. The molecule has 0 atom stereocenters. The Hall–Kier alpha value is -0.740. The Balaban J connectivity index is 2.34. The average molecular weight is 270 g/mol. The molecule has 2 rings (SSSR count). The highest BCUT2D eigenvalue weighted by Crippen LogP contribution is 2.24. The van der Waals surface area contributed by atoms with Crippen LogP contribution in [0, 0.1) is 0 Å². The van der Waals surface area contributed by atoms with Crippen LogP contribution < -0.4 is 4.90 Å². The summed E-state index contributed by atoms with van der Waals surface area (Å²) >= 11 is 8.47. The number of rotatable bonds is 1. The first-order chi connectivity index (χ1) is 6.68. The topological polar surface area (TPSA) is 20.3 Å². The van der Waals surface area contributed by atoms with E-state index in [-0.39, 0.29) is 5.91 Å². The number of carbonyl (C=O) groups excluding carboxylic acids is 1. The first-order valence-electron chi connectivity index (χ1n) is 4.30. The lowest BCUT2D eigenvalue weighted by atomic mass is 10.3. The van der Waals surface area contributed by atoms with Gasteiger partial charge < -0.3 is 0 Å². The quantitative estimate of drug-likeness (QED) is 0.731. The Kier molecular flexibility index (Phi) is 2.65. The van der Waals surface area contributed by atoms with Gasteiger partial charge in [-0.15, -0.1) is 0 Å². The third kappa shape index (κ3) is 1.72. The van der Waals surface area contributed by atoms with Crippen molar-refractivity contribution >= 4 is 44.7 Å². The highest BCUT2D eigenvalue weighted by Gasteiger charge is 2.26. The Labute approximate surface area is 96.0 Å². The van der Waals surface area contributed by atoms with Gasteiger partial charge in [0.25, 0.3) is 0 Å². The highest BCUT2D eigenvalue weighted by atomic mass is 79.9. The summed E-state index contributed by atoms with van der Waals surface area (Å²) in [6, 6.07) is 7.59. The van der Waals surface area contributed by atoms with Gasteiger partial charge in [0, 0.05) is 23.0 Å². The largest absolute Gasteiger partial charge is 0.275 e. The normalized spacial score (nSPS) is 16.5. The smallest absolute Gasteiger partial charge is 0.232 e. The van der Waals surface area contributed by atoms with Crippen molar-refractivity contribution in [3.05, 3.63) is 28.7 Å². The monoisotopic (exact) mass is 269 g/mol. The summed E-state index contributed by atoms with van der Waals surface area (Å²) in [6.07, 6.45) is 1.24. The van der Waals surface area contributed by atoms with E-state index in [1.165, 1.54) is 0 Å². The van der Waals surface area contributed by atoms with Crippen molar-refractivity contribution < 1.29 is 4.79 Å². The number of halogens is 1. The van der Waals surface area contributed by atoms with Crippen LogP contribution in [-0.2, 0) is 4.79 Å². The zero-order valence-electron chi connectivity index (χ0n) is 7.37. The minimum Gasteiger partial charge on any atom is -0.275 e. The van der Waals surface area contributed by atoms with Crippen molar-refractivity contribution in [3.8, 4) is 0 Å². The summed E-state index contributed by atoms with van der Waals surface area (Å²) in [5, 5.41) is 0. The van der Waals surface area contributed by atoms with Gasteiger partial charge in [-0.3, -0.25) is 9.69 Å². The van der Waals surface area contributed by atoms with E-state index in [4.69, 9.17) is 12.2 Å². The molecule has 1 aliphatic rings. The molecule has 0 aliphatic carbocycles. The molecule has 1 heterocycles. The molecule has 1 amide bonds. The molecule has 2 nitrogen and oxygen atoms in total. The summed E-state index contributed by atoms with van der Waals surface area (Å²) in [5.41, 5.74) is 0.862. The van der Waals surface area contributed by atoms with Crippen LogP contribution in [0.1, 0.15) is 12.8 Å². The SMILES string of the molecule is O=C1CCC(=S)N1c1ccc(Br)cc1. The molecular formula is C10H8BrNOS. The lowest BCUT2D eigenvalue weighted by molar-refractivity contribution is -0.116. The van der Waals surface area contributed by atoms with E-state index in [1.807, 2.05) is 24.3 Å². The zero-order valence-corrected chi connectivity index (χ0v) is 9.77. The number of amides is 1. The van der Waals surface area contributed by atoms with Gasteiger partial charge in [0.1, 0.15) is 0 Å². The predicted octanol–water partition coefficient (Wildman–Crippen LogP) is 2.90. The second-order valence-electron chi connectivity index (χ2n) is 3.10. The minimum atomic E-state index is 0.0947. The molecule has 1 aliphatic heterocycles. The van der Waals surface area contributed by atoms with E-state index >= 15 is 0 Å². The summed E-state index contributed by atoms with van der Waals surface area (Å²) in [7, 11) is 0. The Morgan fingerprint density at radius 2 is 1.86 bits per heavy atom. The average Bonchev–Trinajstić information content (AvgIpc) is 2.49. The molecule has 1 aromatic rings. The van der Waals surface area contributed by atoms with Crippen LogP contribution in [0.25, 0.3) is 0 Å². The molecule has 4 heteroatoms. The van der Waals surface area contributed by atoms with Crippen LogP contribution in [0.2, 0.25) is 0 Å². The van der Waals surface area contributed by atoms with Crippen molar-refractivity contribution in [2.24, 2.45) is 0 Å². The maximum Gasteiger partial charge on any atom is 0.232 e. The van der Waals surface area contributed by atoms with Crippen LogP contribution in [-0.4, -0.2) is 10.9 Å². The Morgan fingerprint density at radius 1 is 1.21 bits per heavy atom. The standard InChI is InChI=1S/C10H8BrNOS/c11-7-1-3-8(4-2-7)12-9(13)5-6-10(12)14/h1-4H,5-6H2. The maximum absolute atomic E-state index is 11.5. The fourth-order valence-corrected chi connectivity index (χ4v) is 2.03. The van der Waals surface area contributed by atoms with Gasteiger partial charge in [-0.1, -0.05) is 28.1 Å². The molecule has 72 valence electrons. The third-order valence-corrected chi connectivity index (χ3v) is 3.05. The lowest BCUT2D eigenvalue weighted by Crippen LogP contribution is -2.27. The van der Waals surface area contributed by atoms with Crippen molar-refractivity contribution in [1.29, 1.82) is 0 Å². The molecule has 0 unspecified atom stereocenters. The second-order valence-corrected chi connectivity index (χ2v) is 4.49. The molecule has 0 bridgehead atoms. The molecule has 1 aromatic carbocycles. The van der Waals surface area contributed by atoms with Gasteiger partial charge in [-0.2, -0.15) is 0 Å². The Morgan fingerprint density at radius 3 is 2.36 bits per heavy atom.